The largest absolute Gasteiger partial charge is 0.394 e. The van der Waals surface area contributed by atoms with Crippen LogP contribution >= 0.6 is 0 Å². The third-order valence-corrected chi connectivity index (χ3v) is 9.32. The summed E-state index contributed by atoms with van der Waals surface area (Å²) in [5, 5.41) is 85.8. The van der Waals surface area contributed by atoms with Crippen molar-refractivity contribution < 1.29 is 64.6 Å². The standard InChI is InChI=1S/C38H67NO13/c1-3-5-7-9-11-13-14-15-17-19-21-27(42)26(39-30(43)22-20-18-16-12-10-8-6-4-2)25-49-37-35(48)33(46)36(29(24-41)51-37)52-38-34(47)32(45)31(44)28(23-40)50-38/h5,7,13-14,19,21,26-29,31-38,40-42,44-48H,3-4,6,8-12,15-18,20,22-25H2,1-2H3,(H,39,43)/b7-5+,14-13+,21-19+. The highest BCUT2D eigenvalue weighted by Crippen LogP contribution is 2.29. The van der Waals surface area contributed by atoms with Gasteiger partial charge in [-0.15, -0.1) is 0 Å². The number of nitrogens with one attached hydrogen (secondary N) is 1. The Bertz CT molecular complexity index is 1020. The van der Waals surface area contributed by atoms with Crippen molar-refractivity contribution in [2.45, 2.75) is 177 Å². The van der Waals surface area contributed by atoms with Crippen LogP contribution in [0.4, 0.5) is 0 Å². The molecule has 2 fully saturated rings. The molecule has 14 heteroatoms. The number of amides is 1. The van der Waals surface area contributed by atoms with Crippen molar-refractivity contribution in [3.05, 3.63) is 36.5 Å². The predicted octanol–water partition coefficient (Wildman–Crippen LogP) is 1.64. The zero-order valence-electron chi connectivity index (χ0n) is 31.0. The van der Waals surface area contributed by atoms with Crippen LogP contribution in [-0.2, 0) is 23.7 Å². The van der Waals surface area contributed by atoms with E-state index in [0.717, 1.165) is 44.9 Å². The highest BCUT2D eigenvalue weighted by Gasteiger charge is 2.50. The SMILES string of the molecule is CC/C=C/CC/C=C/CC/C=C/C(O)C(COC1OC(CO)C(OC2OC(CO)C(O)C(O)C2O)C(O)C1O)NC(=O)CCCCCCCCCC. The Hall–Kier alpha value is -1.79. The molecule has 0 saturated carbocycles. The fraction of sp³-hybridized carbons (Fsp3) is 0.816. The van der Waals surface area contributed by atoms with Crippen molar-refractivity contribution >= 4 is 5.91 Å². The lowest BCUT2D eigenvalue weighted by atomic mass is 9.97. The molecular weight excluding hydrogens is 678 g/mol. The van der Waals surface area contributed by atoms with E-state index < -0.39 is 86.8 Å². The van der Waals surface area contributed by atoms with Crippen LogP contribution in [0.3, 0.4) is 0 Å². The van der Waals surface area contributed by atoms with E-state index in [1.807, 2.05) is 6.08 Å². The van der Waals surface area contributed by atoms with Gasteiger partial charge in [0, 0.05) is 6.42 Å². The third kappa shape index (κ3) is 16.3. The molecule has 14 nitrogen and oxygen atoms in total. The lowest BCUT2D eigenvalue weighted by Crippen LogP contribution is -2.65. The summed E-state index contributed by atoms with van der Waals surface area (Å²) in [6.45, 7) is 2.53. The van der Waals surface area contributed by atoms with Crippen LogP contribution in [0.2, 0.25) is 0 Å². The maximum absolute atomic E-state index is 12.9. The van der Waals surface area contributed by atoms with Gasteiger partial charge >= 0.3 is 0 Å². The van der Waals surface area contributed by atoms with Crippen molar-refractivity contribution in [1.29, 1.82) is 0 Å². The number of rotatable bonds is 26. The molecule has 0 radical (unpaired) electrons. The molecule has 0 aliphatic carbocycles. The Kier molecular flexibility index (Phi) is 24.0. The molecule has 1 amide bonds. The van der Waals surface area contributed by atoms with Crippen LogP contribution in [0, 0.1) is 0 Å². The number of unbranched alkanes of at least 4 members (excludes halogenated alkanes) is 9. The quantitative estimate of drug-likeness (QED) is 0.0454. The second-order valence-corrected chi connectivity index (χ2v) is 13.7. The summed E-state index contributed by atoms with van der Waals surface area (Å²) >= 11 is 0. The molecule has 12 unspecified atom stereocenters. The zero-order chi connectivity index (χ0) is 38.3. The van der Waals surface area contributed by atoms with E-state index in [2.05, 4.69) is 43.5 Å². The van der Waals surface area contributed by atoms with Gasteiger partial charge in [0.1, 0.15) is 48.8 Å². The topological polar surface area (TPSA) is 228 Å². The Morgan fingerprint density at radius 1 is 0.692 bits per heavy atom. The van der Waals surface area contributed by atoms with E-state index in [9.17, 15) is 45.6 Å². The lowest BCUT2D eigenvalue weighted by Gasteiger charge is -2.46. The van der Waals surface area contributed by atoms with Crippen molar-refractivity contribution in [2.75, 3.05) is 19.8 Å². The van der Waals surface area contributed by atoms with Gasteiger partial charge in [-0.2, -0.15) is 0 Å². The van der Waals surface area contributed by atoms with E-state index >= 15 is 0 Å². The smallest absolute Gasteiger partial charge is 0.220 e. The van der Waals surface area contributed by atoms with Gasteiger partial charge in [0.25, 0.3) is 0 Å². The van der Waals surface area contributed by atoms with Crippen LogP contribution in [-0.4, -0.2) is 140 Å². The van der Waals surface area contributed by atoms with Gasteiger partial charge in [-0.25, -0.2) is 0 Å². The van der Waals surface area contributed by atoms with E-state index in [4.69, 9.17) is 18.9 Å². The first-order valence-corrected chi connectivity index (χ1v) is 19.2. The summed E-state index contributed by atoms with van der Waals surface area (Å²) in [5.74, 6) is -0.265. The van der Waals surface area contributed by atoms with Gasteiger partial charge < -0.3 is 65.1 Å². The van der Waals surface area contributed by atoms with Crippen molar-refractivity contribution in [3.8, 4) is 0 Å². The molecule has 0 spiro atoms. The lowest BCUT2D eigenvalue weighted by molar-refractivity contribution is -0.359. The summed E-state index contributed by atoms with van der Waals surface area (Å²) in [6.07, 6.45) is 8.14. The molecule has 52 heavy (non-hydrogen) atoms. The molecule has 9 N–H and O–H groups in total. The molecular formula is C38H67NO13. The normalized spacial score (nSPS) is 31.1. The van der Waals surface area contributed by atoms with Crippen LogP contribution < -0.4 is 5.32 Å². The molecule has 0 aromatic carbocycles. The Balaban J connectivity index is 2.00. The molecule has 2 heterocycles. The summed E-state index contributed by atoms with van der Waals surface area (Å²) in [6, 6.07) is -0.928. The summed E-state index contributed by atoms with van der Waals surface area (Å²) in [5.41, 5.74) is 0. The van der Waals surface area contributed by atoms with Crippen molar-refractivity contribution in [2.24, 2.45) is 0 Å². The van der Waals surface area contributed by atoms with Gasteiger partial charge in [-0.05, 0) is 38.5 Å². The van der Waals surface area contributed by atoms with E-state index in [1.165, 1.54) is 25.7 Å². The van der Waals surface area contributed by atoms with E-state index in [1.54, 1.807) is 6.08 Å². The molecule has 302 valence electrons. The first kappa shape index (κ1) is 46.4. The molecule has 12 atom stereocenters. The molecule has 2 rings (SSSR count). The molecule has 0 aromatic rings. The monoisotopic (exact) mass is 745 g/mol. The summed E-state index contributed by atoms with van der Waals surface area (Å²) in [7, 11) is 0. The first-order chi connectivity index (χ1) is 25.1. The number of hydrogen-bond acceptors (Lipinski definition) is 13. The van der Waals surface area contributed by atoms with Crippen LogP contribution in [0.25, 0.3) is 0 Å². The minimum atomic E-state index is -1.79. The molecule has 2 aliphatic rings. The highest BCUT2D eigenvalue weighted by atomic mass is 16.7. The van der Waals surface area contributed by atoms with Gasteiger partial charge in [-0.3, -0.25) is 4.79 Å². The minimum absolute atomic E-state index is 0.265. The number of aliphatic hydroxyl groups is 8. The number of carbonyl (C=O) groups excluding carboxylic acids is 1. The van der Waals surface area contributed by atoms with Crippen LogP contribution in [0.15, 0.2) is 36.5 Å². The third-order valence-electron chi connectivity index (χ3n) is 9.32. The minimum Gasteiger partial charge on any atom is -0.394 e. The first-order valence-electron chi connectivity index (χ1n) is 19.2. The number of aliphatic hydroxyl groups excluding tert-OH is 8. The molecule has 0 bridgehead atoms. The Labute approximate surface area is 309 Å². The Morgan fingerprint density at radius 3 is 1.87 bits per heavy atom. The number of hydrogen-bond donors (Lipinski definition) is 9. The Morgan fingerprint density at radius 2 is 1.25 bits per heavy atom. The highest BCUT2D eigenvalue weighted by molar-refractivity contribution is 5.76. The molecule has 2 saturated heterocycles. The van der Waals surface area contributed by atoms with Gasteiger partial charge in [0.2, 0.25) is 5.91 Å². The van der Waals surface area contributed by atoms with Crippen LogP contribution in [0.5, 0.6) is 0 Å². The number of allylic oxidation sites excluding steroid dienone is 5. The van der Waals surface area contributed by atoms with Crippen molar-refractivity contribution in [1.82, 2.24) is 5.32 Å². The predicted molar refractivity (Wildman–Crippen MR) is 194 cm³/mol. The number of carbonyl (C=O) groups is 1. The van der Waals surface area contributed by atoms with Gasteiger partial charge in [0.15, 0.2) is 12.6 Å². The molecule has 2 aliphatic heterocycles. The second-order valence-electron chi connectivity index (χ2n) is 13.7. The fourth-order valence-corrected chi connectivity index (χ4v) is 6.09. The molecule has 0 aromatic heterocycles. The summed E-state index contributed by atoms with van der Waals surface area (Å²) in [4.78, 5) is 12.9. The average Bonchev–Trinajstić information content (AvgIpc) is 3.14. The second kappa shape index (κ2) is 26.9. The zero-order valence-corrected chi connectivity index (χ0v) is 31.0. The van der Waals surface area contributed by atoms with Crippen molar-refractivity contribution in [3.63, 3.8) is 0 Å². The van der Waals surface area contributed by atoms with Gasteiger partial charge in [-0.1, -0.05) is 95.2 Å². The fourth-order valence-electron chi connectivity index (χ4n) is 6.09. The van der Waals surface area contributed by atoms with E-state index in [-0.39, 0.29) is 18.9 Å². The summed E-state index contributed by atoms with van der Waals surface area (Å²) < 4.78 is 22.4. The maximum atomic E-state index is 12.9. The average molecular weight is 746 g/mol. The van der Waals surface area contributed by atoms with Crippen LogP contribution in [0.1, 0.15) is 104 Å². The maximum Gasteiger partial charge on any atom is 0.220 e. The van der Waals surface area contributed by atoms with Gasteiger partial charge in [0.05, 0.1) is 32.0 Å². The van der Waals surface area contributed by atoms with E-state index in [0.29, 0.717) is 12.8 Å². The number of ether oxygens (including phenoxy) is 4.